The van der Waals surface area contributed by atoms with Gasteiger partial charge in [0, 0.05) is 22.3 Å². The van der Waals surface area contributed by atoms with E-state index in [2.05, 4.69) is 21.2 Å². The van der Waals surface area contributed by atoms with Gasteiger partial charge in [-0.05, 0) is 43.7 Å². The van der Waals surface area contributed by atoms with E-state index in [-0.39, 0.29) is 11.8 Å². The zero-order chi connectivity index (χ0) is 16.4. The van der Waals surface area contributed by atoms with Crippen LogP contribution >= 0.6 is 15.9 Å². The smallest absolute Gasteiger partial charge is 0.247 e. The Kier molecular flexibility index (Phi) is 4.48. The molecule has 23 heavy (non-hydrogen) atoms. The molecule has 1 fully saturated rings. The Labute approximate surface area is 143 Å². The molecular weight excluding hydrogens is 356 g/mol. The fourth-order valence-corrected chi connectivity index (χ4v) is 3.15. The lowest BCUT2D eigenvalue weighted by Crippen LogP contribution is -2.41. The molecule has 1 aliphatic rings. The molecule has 2 amide bonds. The molecule has 118 valence electrons. The Morgan fingerprint density at radius 1 is 1.22 bits per heavy atom. The summed E-state index contributed by atoms with van der Waals surface area (Å²) in [6.45, 7) is 1.99. The molecule has 3 rings (SSSR count). The minimum atomic E-state index is -0.468. The Bertz CT molecular complexity index is 743. The molecule has 1 aliphatic heterocycles. The Balaban J connectivity index is 1.81. The van der Waals surface area contributed by atoms with Crippen molar-refractivity contribution in [1.29, 1.82) is 0 Å². The first-order valence-electron chi connectivity index (χ1n) is 7.50. The summed E-state index contributed by atoms with van der Waals surface area (Å²) in [4.78, 5) is 26.4. The minimum absolute atomic E-state index is 0.0109. The van der Waals surface area contributed by atoms with Gasteiger partial charge in [0.2, 0.25) is 11.8 Å². The van der Waals surface area contributed by atoms with Gasteiger partial charge in [0.25, 0.3) is 0 Å². The Hall–Kier alpha value is -2.14. The number of hydrogen-bond donors (Lipinski definition) is 1. The summed E-state index contributed by atoms with van der Waals surface area (Å²) in [5.41, 5.74) is 2.61. The van der Waals surface area contributed by atoms with Crippen molar-refractivity contribution < 1.29 is 9.59 Å². The van der Waals surface area contributed by atoms with E-state index in [0.717, 1.165) is 15.7 Å². The van der Waals surface area contributed by atoms with Gasteiger partial charge < -0.3 is 5.32 Å². The van der Waals surface area contributed by atoms with Crippen LogP contribution in [0.3, 0.4) is 0 Å². The van der Waals surface area contributed by atoms with Crippen molar-refractivity contribution in [2.24, 2.45) is 0 Å². The molecule has 2 aromatic rings. The van der Waals surface area contributed by atoms with Crippen molar-refractivity contribution in [2.75, 3.05) is 10.2 Å². The van der Waals surface area contributed by atoms with Gasteiger partial charge in [-0.3, -0.25) is 14.5 Å². The number of amides is 2. The number of anilines is 2. The SMILES string of the molecule is Cc1ccc(N2C(=O)CCC2C(=O)Nc2cccc(Br)c2)cc1. The van der Waals surface area contributed by atoms with Crippen molar-refractivity contribution in [3.63, 3.8) is 0 Å². The lowest BCUT2D eigenvalue weighted by Gasteiger charge is -2.24. The van der Waals surface area contributed by atoms with E-state index in [1.165, 1.54) is 0 Å². The van der Waals surface area contributed by atoms with Crippen LogP contribution in [0, 0.1) is 6.92 Å². The fraction of sp³-hybridized carbons (Fsp3) is 0.222. The van der Waals surface area contributed by atoms with Crippen LogP contribution in [0.25, 0.3) is 0 Å². The van der Waals surface area contributed by atoms with Crippen molar-refractivity contribution in [2.45, 2.75) is 25.8 Å². The van der Waals surface area contributed by atoms with Crippen LogP contribution in [0.1, 0.15) is 18.4 Å². The van der Waals surface area contributed by atoms with E-state index < -0.39 is 6.04 Å². The molecule has 1 N–H and O–H groups in total. The highest BCUT2D eigenvalue weighted by Crippen LogP contribution is 2.28. The lowest BCUT2D eigenvalue weighted by atomic mass is 10.1. The molecule has 1 unspecified atom stereocenters. The van der Waals surface area contributed by atoms with E-state index in [1.54, 1.807) is 4.90 Å². The van der Waals surface area contributed by atoms with Crippen LogP contribution in [0.15, 0.2) is 53.0 Å². The molecule has 5 heteroatoms. The number of carbonyl (C=O) groups excluding carboxylic acids is 2. The van der Waals surface area contributed by atoms with Crippen LogP contribution in [0.2, 0.25) is 0 Å². The van der Waals surface area contributed by atoms with Crippen molar-refractivity contribution >= 4 is 39.1 Å². The van der Waals surface area contributed by atoms with Gasteiger partial charge in [0.05, 0.1) is 0 Å². The Morgan fingerprint density at radius 2 is 1.96 bits per heavy atom. The minimum Gasteiger partial charge on any atom is -0.324 e. The van der Waals surface area contributed by atoms with E-state index >= 15 is 0 Å². The van der Waals surface area contributed by atoms with Crippen LogP contribution in [-0.4, -0.2) is 17.9 Å². The molecule has 0 aromatic heterocycles. The standard InChI is InChI=1S/C18H17BrN2O2/c1-12-5-7-15(8-6-12)21-16(9-10-17(21)22)18(23)20-14-4-2-3-13(19)11-14/h2-8,11,16H,9-10H2,1H3,(H,20,23). The molecule has 1 atom stereocenters. The van der Waals surface area contributed by atoms with Crippen molar-refractivity contribution in [3.05, 3.63) is 58.6 Å². The van der Waals surface area contributed by atoms with Crippen molar-refractivity contribution in [3.8, 4) is 0 Å². The van der Waals surface area contributed by atoms with Gasteiger partial charge >= 0.3 is 0 Å². The fourth-order valence-electron chi connectivity index (χ4n) is 2.75. The predicted molar refractivity (Wildman–Crippen MR) is 94.5 cm³/mol. The third kappa shape index (κ3) is 3.45. The molecule has 4 nitrogen and oxygen atoms in total. The van der Waals surface area contributed by atoms with Crippen LogP contribution < -0.4 is 10.2 Å². The molecular formula is C18H17BrN2O2. The highest BCUT2D eigenvalue weighted by Gasteiger charge is 2.37. The zero-order valence-electron chi connectivity index (χ0n) is 12.8. The van der Waals surface area contributed by atoms with E-state index in [9.17, 15) is 9.59 Å². The molecule has 1 heterocycles. The van der Waals surface area contributed by atoms with E-state index in [0.29, 0.717) is 18.5 Å². The summed E-state index contributed by atoms with van der Waals surface area (Å²) < 4.78 is 0.896. The van der Waals surface area contributed by atoms with Gasteiger partial charge in [-0.1, -0.05) is 39.7 Å². The van der Waals surface area contributed by atoms with Gasteiger partial charge in [0.1, 0.15) is 6.04 Å². The summed E-state index contributed by atoms with van der Waals surface area (Å²) in [5.74, 6) is -0.169. The maximum absolute atomic E-state index is 12.6. The summed E-state index contributed by atoms with van der Waals surface area (Å²) in [6.07, 6.45) is 0.928. The predicted octanol–water partition coefficient (Wildman–Crippen LogP) is 3.89. The summed E-state index contributed by atoms with van der Waals surface area (Å²) in [5, 5.41) is 2.89. The maximum Gasteiger partial charge on any atom is 0.247 e. The number of hydrogen-bond acceptors (Lipinski definition) is 2. The molecule has 0 aliphatic carbocycles. The first kappa shape index (κ1) is 15.7. The average molecular weight is 373 g/mol. The second-order valence-electron chi connectivity index (χ2n) is 5.65. The van der Waals surface area contributed by atoms with Crippen LogP contribution in [-0.2, 0) is 9.59 Å². The number of nitrogens with one attached hydrogen (secondary N) is 1. The van der Waals surface area contributed by atoms with Gasteiger partial charge in [-0.25, -0.2) is 0 Å². The highest BCUT2D eigenvalue weighted by molar-refractivity contribution is 9.10. The lowest BCUT2D eigenvalue weighted by molar-refractivity contribution is -0.120. The van der Waals surface area contributed by atoms with Gasteiger partial charge in [-0.15, -0.1) is 0 Å². The normalized spacial score (nSPS) is 17.4. The number of nitrogens with zero attached hydrogens (tertiary/aromatic N) is 1. The molecule has 0 radical (unpaired) electrons. The second kappa shape index (κ2) is 6.54. The molecule has 0 spiro atoms. The number of benzene rings is 2. The summed E-state index contributed by atoms with van der Waals surface area (Å²) in [6, 6.07) is 14.6. The molecule has 1 saturated heterocycles. The average Bonchev–Trinajstić information content (AvgIpc) is 2.90. The van der Waals surface area contributed by atoms with Crippen LogP contribution in [0.5, 0.6) is 0 Å². The molecule has 2 aromatic carbocycles. The third-order valence-electron chi connectivity index (χ3n) is 3.92. The van der Waals surface area contributed by atoms with Crippen LogP contribution in [0.4, 0.5) is 11.4 Å². The number of aryl methyl sites for hydroxylation is 1. The largest absolute Gasteiger partial charge is 0.324 e. The van der Waals surface area contributed by atoms with Gasteiger partial charge in [0.15, 0.2) is 0 Å². The number of halogens is 1. The van der Waals surface area contributed by atoms with E-state index in [4.69, 9.17) is 0 Å². The monoisotopic (exact) mass is 372 g/mol. The van der Waals surface area contributed by atoms with Gasteiger partial charge in [-0.2, -0.15) is 0 Å². The Morgan fingerprint density at radius 3 is 2.65 bits per heavy atom. The van der Waals surface area contributed by atoms with E-state index in [1.807, 2.05) is 55.5 Å². The molecule has 0 saturated carbocycles. The summed E-state index contributed by atoms with van der Waals surface area (Å²) in [7, 11) is 0. The molecule has 0 bridgehead atoms. The number of carbonyl (C=O) groups is 2. The first-order valence-corrected chi connectivity index (χ1v) is 8.29. The quantitative estimate of drug-likeness (QED) is 0.888. The highest BCUT2D eigenvalue weighted by atomic mass is 79.9. The maximum atomic E-state index is 12.6. The summed E-state index contributed by atoms with van der Waals surface area (Å²) >= 11 is 3.38. The second-order valence-corrected chi connectivity index (χ2v) is 6.57. The first-order chi connectivity index (χ1) is 11.0. The zero-order valence-corrected chi connectivity index (χ0v) is 14.3. The number of rotatable bonds is 3. The topological polar surface area (TPSA) is 49.4 Å². The van der Waals surface area contributed by atoms with Crippen molar-refractivity contribution in [1.82, 2.24) is 0 Å². The third-order valence-corrected chi connectivity index (χ3v) is 4.41.